The Morgan fingerprint density at radius 2 is 2.21 bits per heavy atom. The fourth-order valence-corrected chi connectivity index (χ4v) is 3.53. The Balaban J connectivity index is 1.72. The van der Waals surface area contributed by atoms with Gasteiger partial charge in [-0.15, -0.1) is 11.3 Å². The van der Waals surface area contributed by atoms with Crippen LogP contribution >= 0.6 is 11.3 Å². The summed E-state index contributed by atoms with van der Waals surface area (Å²) in [6.45, 7) is 1.12. The fourth-order valence-electron chi connectivity index (χ4n) is 2.51. The maximum absolute atomic E-state index is 12.4. The van der Waals surface area contributed by atoms with E-state index in [1.54, 1.807) is 29.2 Å². The second kappa shape index (κ2) is 6.98. The summed E-state index contributed by atoms with van der Waals surface area (Å²) in [6, 6.07) is 7.07. The SMILES string of the molecule is COCC(=O)N1CCc2nc(C(=O)Nc3ccccc3N)sc2C1. The number of fused-ring (bicyclic) bond motifs is 1. The Bertz CT molecular complexity index is 774. The lowest BCUT2D eigenvalue weighted by Gasteiger charge is -2.25. The molecule has 2 amide bonds. The molecule has 1 aromatic heterocycles. The summed E-state index contributed by atoms with van der Waals surface area (Å²) >= 11 is 1.31. The maximum Gasteiger partial charge on any atom is 0.284 e. The van der Waals surface area contributed by atoms with E-state index < -0.39 is 0 Å². The molecule has 0 bridgehead atoms. The zero-order valence-corrected chi connectivity index (χ0v) is 14.1. The van der Waals surface area contributed by atoms with Gasteiger partial charge in [-0.3, -0.25) is 9.59 Å². The van der Waals surface area contributed by atoms with Crippen LogP contribution in [0.1, 0.15) is 20.4 Å². The second-order valence-corrected chi connectivity index (χ2v) is 6.51. The molecule has 1 aliphatic heterocycles. The van der Waals surface area contributed by atoms with Crippen molar-refractivity contribution in [3.63, 3.8) is 0 Å². The Hall–Kier alpha value is -2.45. The zero-order chi connectivity index (χ0) is 17.1. The fraction of sp³-hybridized carbons (Fsp3) is 0.312. The largest absolute Gasteiger partial charge is 0.397 e. The van der Waals surface area contributed by atoms with Crippen molar-refractivity contribution in [2.45, 2.75) is 13.0 Å². The monoisotopic (exact) mass is 346 g/mol. The summed E-state index contributed by atoms with van der Waals surface area (Å²) in [5.74, 6) is -0.346. The molecule has 3 N–H and O–H groups in total. The summed E-state index contributed by atoms with van der Waals surface area (Å²) in [6.07, 6.45) is 0.641. The average Bonchev–Trinajstić information content (AvgIpc) is 3.00. The molecule has 2 aromatic rings. The number of carbonyl (C=O) groups is 2. The van der Waals surface area contributed by atoms with Crippen LogP contribution in [0.25, 0.3) is 0 Å². The third-order valence-electron chi connectivity index (χ3n) is 3.75. The van der Waals surface area contributed by atoms with Crippen LogP contribution in [0.2, 0.25) is 0 Å². The Morgan fingerprint density at radius 3 is 2.96 bits per heavy atom. The Morgan fingerprint density at radius 1 is 1.42 bits per heavy atom. The van der Waals surface area contributed by atoms with Crippen molar-refractivity contribution < 1.29 is 14.3 Å². The quantitative estimate of drug-likeness (QED) is 0.818. The molecule has 126 valence electrons. The number of aromatic nitrogens is 1. The third kappa shape index (κ3) is 3.39. The average molecular weight is 346 g/mol. The van der Waals surface area contributed by atoms with E-state index in [-0.39, 0.29) is 18.4 Å². The summed E-state index contributed by atoms with van der Waals surface area (Å²) in [5, 5.41) is 3.15. The highest BCUT2D eigenvalue weighted by Crippen LogP contribution is 2.26. The van der Waals surface area contributed by atoms with Crippen LogP contribution in [0, 0.1) is 0 Å². The van der Waals surface area contributed by atoms with Crippen molar-refractivity contribution in [3.05, 3.63) is 39.8 Å². The van der Waals surface area contributed by atoms with Gasteiger partial charge < -0.3 is 20.7 Å². The minimum atomic E-state index is -0.290. The van der Waals surface area contributed by atoms with Crippen molar-refractivity contribution >= 4 is 34.5 Å². The van der Waals surface area contributed by atoms with Gasteiger partial charge in [-0.25, -0.2) is 4.98 Å². The number of amides is 2. The highest BCUT2D eigenvalue weighted by atomic mass is 32.1. The minimum absolute atomic E-state index is 0.0559. The number of carbonyl (C=O) groups excluding carboxylic acids is 2. The molecule has 24 heavy (non-hydrogen) atoms. The van der Waals surface area contributed by atoms with Crippen molar-refractivity contribution in [1.82, 2.24) is 9.88 Å². The molecule has 7 nitrogen and oxygen atoms in total. The topological polar surface area (TPSA) is 97.5 Å². The number of nitrogen functional groups attached to an aromatic ring is 1. The molecule has 1 aromatic carbocycles. The van der Waals surface area contributed by atoms with Gasteiger partial charge in [0.25, 0.3) is 5.91 Å². The molecule has 0 spiro atoms. The number of ether oxygens (including phenoxy) is 1. The molecule has 0 saturated carbocycles. The predicted octanol–water partition coefficient (Wildman–Crippen LogP) is 1.51. The first-order chi connectivity index (χ1) is 11.6. The van der Waals surface area contributed by atoms with Crippen LogP contribution in [0.3, 0.4) is 0 Å². The third-order valence-corrected chi connectivity index (χ3v) is 4.84. The lowest BCUT2D eigenvalue weighted by Crippen LogP contribution is -2.37. The van der Waals surface area contributed by atoms with E-state index >= 15 is 0 Å². The number of anilines is 2. The first-order valence-corrected chi connectivity index (χ1v) is 8.31. The molecular weight excluding hydrogens is 328 g/mol. The van der Waals surface area contributed by atoms with Crippen LogP contribution in [-0.2, 0) is 22.5 Å². The van der Waals surface area contributed by atoms with Crippen LogP contribution in [0.4, 0.5) is 11.4 Å². The first kappa shape index (κ1) is 16.4. The lowest BCUT2D eigenvalue weighted by molar-refractivity contribution is -0.136. The van der Waals surface area contributed by atoms with E-state index in [0.29, 0.717) is 35.9 Å². The number of hydrogen-bond donors (Lipinski definition) is 2. The highest BCUT2D eigenvalue weighted by Gasteiger charge is 2.25. The van der Waals surface area contributed by atoms with Gasteiger partial charge in [-0.2, -0.15) is 0 Å². The Labute approximate surface area is 143 Å². The van der Waals surface area contributed by atoms with E-state index in [9.17, 15) is 9.59 Å². The zero-order valence-electron chi connectivity index (χ0n) is 13.2. The molecule has 0 fully saturated rings. The summed E-state index contributed by atoms with van der Waals surface area (Å²) in [4.78, 5) is 31.4. The number of rotatable bonds is 4. The molecule has 0 unspecified atom stereocenters. The smallest absolute Gasteiger partial charge is 0.284 e. The molecule has 3 rings (SSSR count). The summed E-state index contributed by atoms with van der Waals surface area (Å²) < 4.78 is 4.89. The molecule has 0 aliphatic carbocycles. The number of methoxy groups -OCH3 is 1. The van der Waals surface area contributed by atoms with Crippen LogP contribution in [0.15, 0.2) is 24.3 Å². The normalized spacial score (nSPS) is 13.5. The van der Waals surface area contributed by atoms with Gasteiger partial charge in [0.15, 0.2) is 5.01 Å². The minimum Gasteiger partial charge on any atom is -0.397 e. The lowest BCUT2D eigenvalue weighted by atomic mass is 10.2. The van der Waals surface area contributed by atoms with Crippen molar-refractivity contribution in [3.8, 4) is 0 Å². The first-order valence-electron chi connectivity index (χ1n) is 7.49. The summed E-state index contributed by atoms with van der Waals surface area (Å²) in [5.41, 5.74) is 7.78. The molecule has 0 saturated heterocycles. The number of benzene rings is 1. The van der Waals surface area contributed by atoms with Gasteiger partial charge in [-0.05, 0) is 12.1 Å². The van der Waals surface area contributed by atoms with Gasteiger partial charge in [-0.1, -0.05) is 12.1 Å². The van der Waals surface area contributed by atoms with E-state index in [0.717, 1.165) is 10.6 Å². The molecule has 8 heteroatoms. The van der Waals surface area contributed by atoms with Crippen molar-refractivity contribution in [2.75, 3.05) is 31.3 Å². The Kier molecular flexibility index (Phi) is 4.77. The van der Waals surface area contributed by atoms with E-state index in [1.807, 2.05) is 0 Å². The second-order valence-electron chi connectivity index (χ2n) is 5.43. The van der Waals surface area contributed by atoms with Gasteiger partial charge in [0.1, 0.15) is 6.61 Å². The summed E-state index contributed by atoms with van der Waals surface area (Å²) in [7, 11) is 1.50. The van der Waals surface area contributed by atoms with E-state index in [2.05, 4.69) is 10.3 Å². The molecule has 1 aliphatic rings. The van der Waals surface area contributed by atoms with Crippen molar-refractivity contribution in [2.24, 2.45) is 0 Å². The predicted molar refractivity (Wildman–Crippen MR) is 91.9 cm³/mol. The molecular formula is C16H18N4O3S. The van der Waals surface area contributed by atoms with Gasteiger partial charge in [0.2, 0.25) is 5.91 Å². The van der Waals surface area contributed by atoms with Crippen LogP contribution in [-0.4, -0.2) is 42.0 Å². The molecule has 0 atom stereocenters. The van der Waals surface area contributed by atoms with Crippen LogP contribution < -0.4 is 11.1 Å². The standard InChI is InChI=1S/C16H18N4O3S/c1-23-9-14(21)20-7-6-12-13(8-20)24-16(19-12)15(22)18-11-5-3-2-4-10(11)17/h2-5H,6-9,17H2,1H3,(H,18,22). The van der Waals surface area contributed by atoms with Gasteiger partial charge in [0, 0.05) is 25.0 Å². The maximum atomic E-state index is 12.4. The molecule has 2 heterocycles. The van der Waals surface area contributed by atoms with Gasteiger partial charge >= 0.3 is 0 Å². The highest BCUT2D eigenvalue weighted by molar-refractivity contribution is 7.13. The van der Waals surface area contributed by atoms with Crippen molar-refractivity contribution in [1.29, 1.82) is 0 Å². The van der Waals surface area contributed by atoms with E-state index in [1.165, 1.54) is 18.4 Å². The number of nitrogens with one attached hydrogen (secondary N) is 1. The number of hydrogen-bond acceptors (Lipinski definition) is 6. The number of thiazole rings is 1. The van der Waals surface area contributed by atoms with Gasteiger partial charge in [0.05, 0.1) is 23.6 Å². The molecule has 0 radical (unpaired) electrons. The number of nitrogens with two attached hydrogens (primary N) is 1. The number of nitrogens with zero attached hydrogens (tertiary/aromatic N) is 2. The van der Waals surface area contributed by atoms with Crippen LogP contribution in [0.5, 0.6) is 0 Å². The number of para-hydroxylation sites is 2. The van der Waals surface area contributed by atoms with E-state index in [4.69, 9.17) is 10.5 Å².